The van der Waals surface area contributed by atoms with Crippen LogP contribution in [0.25, 0.3) is 0 Å². The van der Waals surface area contributed by atoms with E-state index in [9.17, 15) is 9.18 Å². The standard InChI is InChI=1S/C14H15ClFN3O/c1-9-12(13(15)19(2)18-9)14(20)17-7-6-10-4-3-5-11(16)8-10/h3-5,8H,6-7H2,1-2H3,(H,17,20). The Bertz CT molecular complexity index is 639. The van der Waals surface area contributed by atoms with Gasteiger partial charge in [-0.2, -0.15) is 5.10 Å². The minimum absolute atomic E-state index is 0.267. The summed E-state index contributed by atoms with van der Waals surface area (Å²) in [5.74, 6) is -0.544. The zero-order chi connectivity index (χ0) is 14.7. The molecule has 20 heavy (non-hydrogen) atoms. The second-order valence-electron chi connectivity index (χ2n) is 4.51. The topological polar surface area (TPSA) is 46.9 Å². The minimum Gasteiger partial charge on any atom is -0.352 e. The number of hydrogen-bond acceptors (Lipinski definition) is 2. The molecule has 2 aromatic rings. The van der Waals surface area contributed by atoms with Crippen LogP contribution in [0.15, 0.2) is 24.3 Å². The molecule has 0 saturated heterocycles. The van der Waals surface area contributed by atoms with Crippen molar-refractivity contribution in [1.82, 2.24) is 15.1 Å². The van der Waals surface area contributed by atoms with Crippen LogP contribution < -0.4 is 5.32 Å². The normalized spacial score (nSPS) is 10.6. The molecule has 1 aromatic heterocycles. The first-order valence-electron chi connectivity index (χ1n) is 6.20. The lowest BCUT2D eigenvalue weighted by Crippen LogP contribution is -2.26. The zero-order valence-corrected chi connectivity index (χ0v) is 12.0. The number of carbonyl (C=O) groups excluding carboxylic acids is 1. The van der Waals surface area contributed by atoms with E-state index in [1.807, 2.05) is 6.07 Å². The fourth-order valence-corrected chi connectivity index (χ4v) is 2.25. The van der Waals surface area contributed by atoms with Gasteiger partial charge in [-0.25, -0.2) is 4.39 Å². The molecule has 0 unspecified atom stereocenters. The van der Waals surface area contributed by atoms with Crippen molar-refractivity contribution in [3.63, 3.8) is 0 Å². The number of halogens is 2. The summed E-state index contributed by atoms with van der Waals surface area (Å²) >= 11 is 6.02. The Balaban J connectivity index is 1.96. The fourth-order valence-electron chi connectivity index (χ4n) is 1.99. The lowest BCUT2D eigenvalue weighted by atomic mass is 10.1. The van der Waals surface area contributed by atoms with Crippen molar-refractivity contribution in [2.24, 2.45) is 7.05 Å². The minimum atomic E-state index is -0.278. The van der Waals surface area contributed by atoms with Gasteiger partial charge >= 0.3 is 0 Å². The molecular weight excluding hydrogens is 281 g/mol. The highest BCUT2D eigenvalue weighted by Gasteiger charge is 2.18. The summed E-state index contributed by atoms with van der Waals surface area (Å²) in [4.78, 5) is 12.0. The summed E-state index contributed by atoms with van der Waals surface area (Å²) in [6, 6.07) is 6.31. The highest BCUT2D eigenvalue weighted by atomic mass is 35.5. The number of nitrogens with one attached hydrogen (secondary N) is 1. The molecule has 1 heterocycles. The third-order valence-corrected chi connectivity index (χ3v) is 3.40. The first-order chi connectivity index (χ1) is 9.49. The molecule has 6 heteroatoms. The lowest BCUT2D eigenvalue weighted by Gasteiger charge is -2.05. The first kappa shape index (κ1) is 14.5. The molecule has 0 atom stereocenters. The van der Waals surface area contributed by atoms with Crippen molar-refractivity contribution in [2.75, 3.05) is 6.54 Å². The maximum absolute atomic E-state index is 13.0. The molecule has 106 valence electrons. The van der Waals surface area contributed by atoms with Crippen LogP contribution in [0.1, 0.15) is 21.6 Å². The van der Waals surface area contributed by atoms with E-state index in [1.165, 1.54) is 16.8 Å². The fraction of sp³-hybridized carbons (Fsp3) is 0.286. The summed E-state index contributed by atoms with van der Waals surface area (Å²) in [6.07, 6.45) is 0.556. The molecule has 4 nitrogen and oxygen atoms in total. The Kier molecular flexibility index (Phi) is 4.39. The average molecular weight is 296 g/mol. The summed E-state index contributed by atoms with van der Waals surface area (Å²) in [5, 5.41) is 7.16. The van der Waals surface area contributed by atoms with E-state index in [0.29, 0.717) is 29.4 Å². The molecule has 0 fully saturated rings. The van der Waals surface area contributed by atoms with E-state index in [1.54, 1.807) is 20.0 Å². The number of aromatic nitrogens is 2. The van der Waals surface area contributed by atoms with Crippen LogP contribution in [-0.4, -0.2) is 22.2 Å². The quantitative estimate of drug-likeness (QED) is 0.942. The van der Waals surface area contributed by atoms with Gasteiger partial charge in [0.15, 0.2) is 0 Å². The number of hydrogen-bond donors (Lipinski definition) is 1. The molecule has 1 aromatic carbocycles. The second kappa shape index (κ2) is 6.05. The van der Waals surface area contributed by atoms with Crippen molar-refractivity contribution < 1.29 is 9.18 Å². The molecule has 0 aliphatic rings. The molecule has 0 radical (unpaired) electrons. The summed E-state index contributed by atoms with van der Waals surface area (Å²) < 4.78 is 14.5. The Labute approximate surface area is 121 Å². The van der Waals surface area contributed by atoms with Crippen LogP contribution in [0.2, 0.25) is 5.15 Å². The molecular formula is C14H15ClFN3O. The van der Waals surface area contributed by atoms with Crippen LogP contribution >= 0.6 is 11.6 Å². The predicted octanol–water partition coefficient (Wildman–Crippen LogP) is 2.49. The molecule has 1 amide bonds. The van der Waals surface area contributed by atoms with Gasteiger partial charge in [0.2, 0.25) is 0 Å². The predicted molar refractivity (Wildman–Crippen MR) is 75.4 cm³/mol. The molecule has 0 aliphatic carbocycles. The van der Waals surface area contributed by atoms with E-state index in [0.717, 1.165) is 5.56 Å². The Hall–Kier alpha value is -1.88. The van der Waals surface area contributed by atoms with E-state index < -0.39 is 0 Å². The van der Waals surface area contributed by atoms with E-state index in [2.05, 4.69) is 10.4 Å². The Morgan fingerprint density at radius 3 is 2.85 bits per heavy atom. The van der Waals surface area contributed by atoms with Gasteiger partial charge in [0.1, 0.15) is 11.0 Å². The second-order valence-corrected chi connectivity index (χ2v) is 4.87. The average Bonchev–Trinajstić information content (AvgIpc) is 2.63. The number of benzene rings is 1. The van der Waals surface area contributed by atoms with Crippen LogP contribution in [0, 0.1) is 12.7 Å². The number of rotatable bonds is 4. The highest BCUT2D eigenvalue weighted by Crippen LogP contribution is 2.18. The summed E-state index contributed by atoms with van der Waals surface area (Å²) in [7, 11) is 1.68. The van der Waals surface area contributed by atoms with Gasteiger partial charge < -0.3 is 5.32 Å². The van der Waals surface area contributed by atoms with Crippen LogP contribution in [0.3, 0.4) is 0 Å². The van der Waals surface area contributed by atoms with E-state index >= 15 is 0 Å². The number of aryl methyl sites for hydroxylation is 2. The van der Waals surface area contributed by atoms with Crippen molar-refractivity contribution in [3.8, 4) is 0 Å². The highest BCUT2D eigenvalue weighted by molar-refractivity contribution is 6.33. The van der Waals surface area contributed by atoms with Crippen LogP contribution in [-0.2, 0) is 13.5 Å². The molecule has 0 spiro atoms. The van der Waals surface area contributed by atoms with Gasteiger partial charge in [-0.15, -0.1) is 0 Å². The van der Waals surface area contributed by atoms with Gasteiger partial charge in [0.05, 0.1) is 11.3 Å². The molecule has 0 saturated carbocycles. The van der Waals surface area contributed by atoms with Crippen molar-refractivity contribution in [3.05, 3.63) is 52.1 Å². The van der Waals surface area contributed by atoms with E-state index in [-0.39, 0.29) is 11.7 Å². The molecule has 2 rings (SSSR count). The number of nitrogens with zero attached hydrogens (tertiary/aromatic N) is 2. The Morgan fingerprint density at radius 2 is 2.25 bits per heavy atom. The monoisotopic (exact) mass is 295 g/mol. The van der Waals surface area contributed by atoms with Gasteiger partial charge in [0, 0.05) is 13.6 Å². The van der Waals surface area contributed by atoms with Crippen LogP contribution in [0.4, 0.5) is 4.39 Å². The molecule has 1 N–H and O–H groups in total. The van der Waals surface area contributed by atoms with Gasteiger partial charge in [-0.1, -0.05) is 23.7 Å². The SMILES string of the molecule is Cc1nn(C)c(Cl)c1C(=O)NCCc1cccc(F)c1. The van der Waals surface area contributed by atoms with Gasteiger partial charge in [-0.3, -0.25) is 9.48 Å². The Morgan fingerprint density at radius 1 is 1.50 bits per heavy atom. The number of carbonyl (C=O) groups is 1. The van der Waals surface area contributed by atoms with E-state index in [4.69, 9.17) is 11.6 Å². The maximum atomic E-state index is 13.0. The number of amides is 1. The zero-order valence-electron chi connectivity index (χ0n) is 11.3. The van der Waals surface area contributed by atoms with Crippen molar-refractivity contribution in [2.45, 2.75) is 13.3 Å². The summed E-state index contributed by atoms with van der Waals surface area (Å²) in [6.45, 7) is 2.14. The maximum Gasteiger partial charge on any atom is 0.256 e. The van der Waals surface area contributed by atoms with Gasteiger partial charge in [-0.05, 0) is 31.0 Å². The smallest absolute Gasteiger partial charge is 0.256 e. The van der Waals surface area contributed by atoms with Crippen LogP contribution in [0.5, 0.6) is 0 Å². The lowest BCUT2D eigenvalue weighted by molar-refractivity contribution is 0.0953. The molecule has 0 aliphatic heterocycles. The largest absolute Gasteiger partial charge is 0.352 e. The van der Waals surface area contributed by atoms with Crippen molar-refractivity contribution >= 4 is 17.5 Å². The van der Waals surface area contributed by atoms with Gasteiger partial charge in [0.25, 0.3) is 5.91 Å². The van der Waals surface area contributed by atoms with Crippen molar-refractivity contribution in [1.29, 1.82) is 0 Å². The third-order valence-electron chi connectivity index (χ3n) is 2.97. The molecule has 0 bridgehead atoms. The summed E-state index contributed by atoms with van der Waals surface area (Å²) in [5.41, 5.74) is 1.80. The first-order valence-corrected chi connectivity index (χ1v) is 6.58. The third kappa shape index (κ3) is 3.17.